The number of benzene rings is 1. The highest BCUT2D eigenvalue weighted by atomic mass is 35.5. The average molecular weight is 302 g/mol. The summed E-state index contributed by atoms with van der Waals surface area (Å²) in [6.07, 6.45) is 0.269. The molecule has 0 saturated carbocycles. The average Bonchev–Trinajstić information content (AvgIpc) is 2.26. The number of hydrogen-bond acceptors (Lipinski definition) is 2. The molecule has 0 aromatic heterocycles. The zero-order chi connectivity index (χ0) is 14.7. The topological polar surface area (TPSA) is 29.1 Å². The highest BCUT2D eigenvalue weighted by molar-refractivity contribution is 6.48. The summed E-state index contributed by atoms with van der Waals surface area (Å²) in [5.74, 6) is 0.0369. The van der Waals surface area contributed by atoms with Crippen LogP contribution in [0.1, 0.15) is 44.5 Å². The molecule has 19 heavy (non-hydrogen) atoms. The smallest absolute Gasteiger partial charge is 0.164 e. The lowest BCUT2D eigenvalue weighted by atomic mass is 9.98. The van der Waals surface area contributed by atoms with Gasteiger partial charge < -0.3 is 5.32 Å². The number of Topliss-reactive ketones (excluding diaryl/α,β-unsaturated/α-hetero) is 1. The number of carbonyl (C=O) groups is 1. The predicted molar refractivity (Wildman–Crippen MR) is 82.2 cm³/mol. The minimum Gasteiger partial charge on any atom is -0.306 e. The third-order valence-electron chi connectivity index (χ3n) is 2.70. The van der Waals surface area contributed by atoms with Crippen molar-refractivity contribution in [3.8, 4) is 0 Å². The molecule has 2 nitrogen and oxygen atoms in total. The number of rotatable bonds is 5. The van der Waals surface area contributed by atoms with Crippen LogP contribution in [0.4, 0.5) is 0 Å². The minimum absolute atomic E-state index is 0.0369. The molecule has 1 N–H and O–H groups in total. The van der Waals surface area contributed by atoms with Gasteiger partial charge in [0.25, 0.3) is 0 Å². The Balaban J connectivity index is 2.82. The molecule has 0 amide bonds. The standard InChI is InChI=1S/C15H21Cl2NO/c1-14(2,3)18-13(15(4,16)17)10-12(19)11-8-6-5-7-9-11/h5-9,13,18H,10H2,1-4H3. The molecule has 4 heteroatoms. The van der Waals surface area contributed by atoms with E-state index >= 15 is 0 Å². The summed E-state index contributed by atoms with van der Waals surface area (Å²) in [5.41, 5.74) is 0.521. The maximum Gasteiger partial charge on any atom is 0.164 e. The summed E-state index contributed by atoms with van der Waals surface area (Å²) in [4.78, 5) is 12.2. The monoisotopic (exact) mass is 301 g/mol. The first-order valence-corrected chi connectivity index (χ1v) is 7.09. The van der Waals surface area contributed by atoms with Crippen LogP contribution in [0, 0.1) is 0 Å². The molecule has 0 aliphatic carbocycles. The minimum atomic E-state index is -1.00. The fourth-order valence-electron chi connectivity index (χ4n) is 1.81. The van der Waals surface area contributed by atoms with Gasteiger partial charge in [0, 0.05) is 23.6 Å². The van der Waals surface area contributed by atoms with E-state index in [0.717, 1.165) is 0 Å². The molecule has 0 aliphatic heterocycles. The van der Waals surface area contributed by atoms with Gasteiger partial charge in [-0.1, -0.05) is 30.3 Å². The van der Waals surface area contributed by atoms with Crippen LogP contribution in [0.5, 0.6) is 0 Å². The Bertz CT molecular complexity index is 418. The fraction of sp³-hybridized carbons (Fsp3) is 0.533. The lowest BCUT2D eigenvalue weighted by molar-refractivity contribution is 0.0961. The Hall–Kier alpha value is -0.570. The van der Waals surface area contributed by atoms with Gasteiger partial charge >= 0.3 is 0 Å². The molecule has 0 radical (unpaired) electrons. The van der Waals surface area contributed by atoms with E-state index in [2.05, 4.69) is 5.32 Å². The normalized spacial score (nSPS) is 14.2. The van der Waals surface area contributed by atoms with Gasteiger partial charge in [-0.2, -0.15) is 0 Å². The van der Waals surface area contributed by atoms with E-state index < -0.39 is 4.33 Å². The van der Waals surface area contributed by atoms with Crippen molar-refractivity contribution in [1.29, 1.82) is 0 Å². The van der Waals surface area contributed by atoms with Crippen molar-refractivity contribution in [3.05, 3.63) is 35.9 Å². The first-order chi connectivity index (χ1) is 8.59. The first-order valence-electron chi connectivity index (χ1n) is 6.33. The van der Waals surface area contributed by atoms with Crippen molar-refractivity contribution in [3.63, 3.8) is 0 Å². The molecular weight excluding hydrogens is 281 g/mol. The third-order valence-corrected chi connectivity index (χ3v) is 3.23. The highest BCUT2D eigenvalue weighted by Crippen LogP contribution is 2.29. The van der Waals surface area contributed by atoms with Crippen LogP contribution in [0.3, 0.4) is 0 Å². The van der Waals surface area contributed by atoms with Crippen LogP contribution in [-0.4, -0.2) is 21.7 Å². The lowest BCUT2D eigenvalue weighted by Gasteiger charge is -2.34. The lowest BCUT2D eigenvalue weighted by Crippen LogP contribution is -2.51. The number of alkyl halides is 2. The van der Waals surface area contributed by atoms with Crippen LogP contribution in [0.25, 0.3) is 0 Å². The summed E-state index contributed by atoms with van der Waals surface area (Å²) in [5, 5.41) is 3.31. The van der Waals surface area contributed by atoms with Crippen LogP contribution in [-0.2, 0) is 0 Å². The molecule has 0 bridgehead atoms. The van der Waals surface area contributed by atoms with Gasteiger partial charge in [-0.3, -0.25) is 4.79 Å². The van der Waals surface area contributed by atoms with E-state index in [0.29, 0.717) is 5.56 Å². The Labute approximate surface area is 125 Å². The maximum absolute atomic E-state index is 12.2. The molecule has 0 fully saturated rings. The summed E-state index contributed by atoms with van der Waals surface area (Å²) in [6.45, 7) is 7.77. The zero-order valence-corrected chi connectivity index (χ0v) is 13.3. The quantitative estimate of drug-likeness (QED) is 0.652. The second-order valence-electron chi connectivity index (χ2n) is 5.90. The second-order valence-corrected chi connectivity index (χ2v) is 7.66. The molecule has 106 valence electrons. The van der Waals surface area contributed by atoms with Crippen LogP contribution < -0.4 is 5.32 Å². The molecule has 0 heterocycles. The number of ketones is 1. The Morgan fingerprint density at radius 2 is 1.68 bits per heavy atom. The molecule has 0 spiro atoms. The van der Waals surface area contributed by atoms with Crippen molar-refractivity contribution in [1.82, 2.24) is 5.32 Å². The Kier molecular flexibility index (Phi) is 5.43. The fourth-order valence-corrected chi connectivity index (χ4v) is 2.07. The van der Waals surface area contributed by atoms with E-state index in [1.165, 1.54) is 0 Å². The summed E-state index contributed by atoms with van der Waals surface area (Å²) < 4.78 is -1.00. The highest BCUT2D eigenvalue weighted by Gasteiger charge is 2.34. The van der Waals surface area contributed by atoms with Gasteiger partial charge in [0.1, 0.15) is 4.33 Å². The molecule has 0 aliphatic rings. The molecule has 1 atom stereocenters. The molecule has 1 unspecified atom stereocenters. The molecule has 1 aromatic carbocycles. The number of nitrogens with one attached hydrogen (secondary N) is 1. The van der Waals surface area contributed by atoms with Gasteiger partial charge in [-0.25, -0.2) is 0 Å². The number of hydrogen-bond donors (Lipinski definition) is 1. The first kappa shape index (κ1) is 16.5. The van der Waals surface area contributed by atoms with Crippen molar-refractivity contribution in [2.45, 2.75) is 50.0 Å². The van der Waals surface area contributed by atoms with E-state index in [1.807, 2.05) is 39.0 Å². The summed E-state index contributed by atoms with van der Waals surface area (Å²) in [7, 11) is 0. The van der Waals surface area contributed by atoms with Gasteiger partial charge in [0.2, 0.25) is 0 Å². The van der Waals surface area contributed by atoms with E-state index in [-0.39, 0.29) is 23.8 Å². The SMILES string of the molecule is CC(C)(C)NC(CC(=O)c1ccccc1)C(C)(Cl)Cl. The Morgan fingerprint density at radius 1 is 1.16 bits per heavy atom. The maximum atomic E-state index is 12.2. The van der Waals surface area contributed by atoms with Gasteiger partial charge in [-0.05, 0) is 27.7 Å². The van der Waals surface area contributed by atoms with Crippen molar-refractivity contribution >= 4 is 29.0 Å². The van der Waals surface area contributed by atoms with Crippen molar-refractivity contribution < 1.29 is 4.79 Å². The van der Waals surface area contributed by atoms with Crippen LogP contribution in [0.15, 0.2) is 30.3 Å². The molecule has 0 saturated heterocycles. The van der Waals surface area contributed by atoms with E-state index in [1.54, 1.807) is 19.1 Å². The van der Waals surface area contributed by atoms with Gasteiger partial charge in [0.15, 0.2) is 5.78 Å². The largest absolute Gasteiger partial charge is 0.306 e. The molecule has 1 aromatic rings. The van der Waals surface area contributed by atoms with Crippen LogP contribution >= 0.6 is 23.2 Å². The zero-order valence-electron chi connectivity index (χ0n) is 11.8. The van der Waals surface area contributed by atoms with E-state index in [4.69, 9.17) is 23.2 Å². The number of carbonyl (C=O) groups excluding carboxylic acids is 1. The second kappa shape index (κ2) is 6.25. The number of halogens is 2. The van der Waals surface area contributed by atoms with Crippen molar-refractivity contribution in [2.24, 2.45) is 0 Å². The van der Waals surface area contributed by atoms with Gasteiger partial charge in [-0.15, -0.1) is 23.2 Å². The Morgan fingerprint density at radius 3 is 2.11 bits per heavy atom. The molecule has 1 rings (SSSR count). The van der Waals surface area contributed by atoms with E-state index in [9.17, 15) is 4.79 Å². The third kappa shape index (κ3) is 5.94. The predicted octanol–water partition coefficient (Wildman–Crippen LogP) is 4.21. The summed E-state index contributed by atoms with van der Waals surface area (Å²) in [6, 6.07) is 8.88. The van der Waals surface area contributed by atoms with Crippen LogP contribution in [0.2, 0.25) is 0 Å². The summed E-state index contributed by atoms with van der Waals surface area (Å²) >= 11 is 12.4. The molecular formula is C15H21Cl2NO. The van der Waals surface area contributed by atoms with Gasteiger partial charge in [0.05, 0.1) is 0 Å². The van der Waals surface area contributed by atoms with Crippen molar-refractivity contribution in [2.75, 3.05) is 0 Å².